The van der Waals surface area contributed by atoms with Crippen molar-refractivity contribution in [3.8, 4) is 0 Å². The van der Waals surface area contributed by atoms with Gasteiger partial charge in [0.2, 0.25) is 0 Å². The quantitative estimate of drug-likeness (QED) is 0.834. The maximum Gasteiger partial charge on any atom is 0.306 e. The summed E-state index contributed by atoms with van der Waals surface area (Å²) in [4.78, 5) is 10.8. The van der Waals surface area contributed by atoms with Gasteiger partial charge in [-0.1, -0.05) is 12.1 Å². The molecular formula is C13H15FO2. The van der Waals surface area contributed by atoms with Gasteiger partial charge in [0.1, 0.15) is 5.82 Å². The first-order valence-corrected chi connectivity index (χ1v) is 5.65. The van der Waals surface area contributed by atoms with Crippen LogP contribution in [0.2, 0.25) is 0 Å². The van der Waals surface area contributed by atoms with Gasteiger partial charge < -0.3 is 5.11 Å². The molecule has 2 rings (SSSR count). The Balaban J connectivity index is 2.01. The molecule has 0 aromatic heterocycles. The van der Waals surface area contributed by atoms with Crippen molar-refractivity contribution in [3.63, 3.8) is 0 Å². The highest BCUT2D eigenvalue weighted by Gasteiger charge is 2.26. The van der Waals surface area contributed by atoms with Crippen LogP contribution in [0, 0.1) is 11.7 Å². The summed E-state index contributed by atoms with van der Waals surface area (Å²) in [5.74, 6) is -0.786. The Morgan fingerprint density at radius 3 is 2.50 bits per heavy atom. The van der Waals surface area contributed by atoms with Crippen molar-refractivity contribution >= 4 is 5.97 Å². The van der Waals surface area contributed by atoms with E-state index in [1.807, 2.05) is 6.07 Å². The topological polar surface area (TPSA) is 37.3 Å². The van der Waals surface area contributed by atoms with E-state index < -0.39 is 5.97 Å². The normalized spacial score (nSPS) is 25.3. The summed E-state index contributed by atoms with van der Waals surface area (Å²) in [5.41, 5.74) is 1.00. The third-order valence-electron chi connectivity index (χ3n) is 3.40. The maximum atomic E-state index is 13.0. The number of carbonyl (C=O) groups is 1. The fourth-order valence-corrected chi connectivity index (χ4v) is 2.43. The molecule has 0 aliphatic heterocycles. The summed E-state index contributed by atoms with van der Waals surface area (Å²) in [6.45, 7) is 0. The third kappa shape index (κ3) is 2.40. The molecule has 1 aliphatic rings. The van der Waals surface area contributed by atoms with Gasteiger partial charge in [-0.2, -0.15) is 0 Å². The Kier molecular flexibility index (Phi) is 3.22. The summed E-state index contributed by atoms with van der Waals surface area (Å²) in [6, 6.07) is 6.64. The second-order valence-electron chi connectivity index (χ2n) is 4.44. The fraction of sp³-hybridized carbons (Fsp3) is 0.462. The van der Waals surface area contributed by atoms with E-state index in [0.29, 0.717) is 18.8 Å². The molecule has 1 saturated carbocycles. The molecule has 0 atom stereocenters. The minimum Gasteiger partial charge on any atom is -0.481 e. The third-order valence-corrected chi connectivity index (χ3v) is 3.40. The van der Waals surface area contributed by atoms with Gasteiger partial charge in [-0.15, -0.1) is 0 Å². The van der Waals surface area contributed by atoms with E-state index in [4.69, 9.17) is 5.11 Å². The van der Waals surface area contributed by atoms with E-state index in [-0.39, 0.29) is 11.7 Å². The summed E-state index contributed by atoms with van der Waals surface area (Å²) in [6.07, 6.45) is 3.11. The largest absolute Gasteiger partial charge is 0.481 e. The first-order chi connectivity index (χ1) is 7.66. The molecule has 0 saturated heterocycles. The van der Waals surface area contributed by atoms with E-state index in [1.54, 1.807) is 12.1 Å². The smallest absolute Gasteiger partial charge is 0.306 e. The zero-order valence-electron chi connectivity index (χ0n) is 9.03. The zero-order valence-corrected chi connectivity index (χ0v) is 9.03. The lowest BCUT2D eigenvalue weighted by molar-refractivity contribution is -0.142. The summed E-state index contributed by atoms with van der Waals surface area (Å²) in [5, 5.41) is 8.88. The highest BCUT2D eigenvalue weighted by Crippen LogP contribution is 2.35. The summed E-state index contributed by atoms with van der Waals surface area (Å²) < 4.78 is 13.0. The van der Waals surface area contributed by atoms with Crippen LogP contribution >= 0.6 is 0 Å². The van der Waals surface area contributed by atoms with Gasteiger partial charge >= 0.3 is 5.97 Å². The lowest BCUT2D eigenvalue weighted by Crippen LogP contribution is -2.20. The molecule has 1 N–H and O–H groups in total. The Bertz CT molecular complexity index is 381. The highest BCUT2D eigenvalue weighted by atomic mass is 19.1. The number of benzene rings is 1. The van der Waals surface area contributed by atoms with Gasteiger partial charge in [0, 0.05) is 0 Å². The average Bonchev–Trinajstić information content (AvgIpc) is 2.29. The second-order valence-corrected chi connectivity index (χ2v) is 4.44. The maximum absolute atomic E-state index is 13.0. The van der Waals surface area contributed by atoms with Gasteiger partial charge in [-0.25, -0.2) is 4.39 Å². The van der Waals surface area contributed by atoms with Crippen molar-refractivity contribution in [3.05, 3.63) is 35.6 Å². The molecule has 0 heterocycles. The minimum absolute atomic E-state index is 0.204. The van der Waals surface area contributed by atoms with Crippen LogP contribution in [0.25, 0.3) is 0 Å². The van der Waals surface area contributed by atoms with Crippen LogP contribution in [0.15, 0.2) is 24.3 Å². The van der Waals surface area contributed by atoms with E-state index in [0.717, 1.165) is 18.4 Å². The van der Waals surface area contributed by atoms with Crippen LogP contribution in [0.4, 0.5) is 4.39 Å². The Morgan fingerprint density at radius 1 is 1.25 bits per heavy atom. The van der Waals surface area contributed by atoms with Crippen molar-refractivity contribution < 1.29 is 14.3 Å². The van der Waals surface area contributed by atoms with Crippen molar-refractivity contribution in [2.24, 2.45) is 5.92 Å². The SMILES string of the molecule is O=C(O)C1CCC(c2cccc(F)c2)CC1. The number of hydrogen-bond acceptors (Lipinski definition) is 1. The molecular weight excluding hydrogens is 207 g/mol. The van der Waals surface area contributed by atoms with E-state index in [2.05, 4.69) is 0 Å². The number of carboxylic acids is 1. The van der Waals surface area contributed by atoms with Crippen LogP contribution < -0.4 is 0 Å². The molecule has 16 heavy (non-hydrogen) atoms. The van der Waals surface area contributed by atoms with E-state index >= 15 is 0 Å². The van der Waals surface area contributed by atoms with Gasteiger partial charge in [0.25, 0.3) is 0 Å². The Morgan fingerprint density at radius 2 is 1.94 bits per heavy atom. The van der Waals surface area contributed by atoms with E-state index in [1.165, 1.54) is 6.07 Å². The molecule has 3 heteroatoms. The van der Waals surface area contributed by atoms with Gasteiger partial charge in [0.15, 0.2) is 0 Å². The monoisotopic (exact) mass is 222 g/mol. The van der Waals surface area contributed by atoms with Gasteiger partial charge in [-0.3, -0.25) is 4.79 Å². The predicted octanol–water partition coefficient (Wildman–Crippen LogP) is 3.18. The molecule has 2 nitrogen and oxygen atoms in total. The highest BCUT2D eigenvalue weighted by molar-refractivity contribution is 5.70. The number of halogens is 1. The first kappa shape index (κ1) is 11.1. The zero-order chi connectivity index (χ0) is 11.5. The Hall–Kier alpha value is -1.38. The number of hydrogen-bond donors (Lipinski definition) is 1. The van der Waals surface area contributed by atoms with Crippen LogP contribution in [0.5, 0.6) is 0 Å². The lowest BCUT2D eigenvalue weighted by Gasteiger charge is -2.26. The van der Waals surface area contributed by atoms with Crippen molar-refractivity contribution in [1.29, 1.82) is 0 Å². The number of aliphatic carboxylic acids is 1. The fourth-order valence-electron chi connectivity index (χ4n) is 2.43. The average molecular weight is 222 g/mol. The molecule has 0 amide bonds. The predicted molar refractivity (Wildman–Crippen MR) is 58.7 cm³/mol. The minimum atomic E-state index is -0.697. The standard InChI is InChI=1S/C13H15FO2/c14-12-3-1-2-11(8-12)9-4-6-10(7-5-9)13(15)16/h1-3,8-10H,4-7H2,(H,15,16). The second kappa shape index (κ2) is 4.64. The summed E-state index contributed by atoms with van der Waals surface area (Å²) >= 11 is 0. The first-order valence-electron chi connectivity index (χ1n) is 5.65. The molecule has 0 radical (unpaired) electrons. The molecule has 0 bridgehead atoms. The molecule has 86 valence electrons. The molecule has 1 aromatic carbocycles. The van der Waals surface area contributed by atoms with E-state index in [9.17, 15) is 9.18 Å². The van der Waals surface area contributed by atoms with Crippen LogP contribution in [-0.2, 0) is 4.79 Å². The van der Waals surface area contributed by atoms with Crippen LogP contribution in [-0.4, -0.2) is 11.1 Å². The molecule has 1 fully saturated rings. The number of carboxylic acid groups (broad SMARTS) is 1. The number of rotatable bonds is 2. The Labute approximate surface area is 94.1 Å². The summed E-state index contributed by atoms with van der Waals surface area (Å²) in [7, 11) is 0. The van der Waals surface area contributed by atoms with Crippen molar-refractivity contribution in [1.82, 2.24) is 0 Å². The lowest BCUT2D eigenvalue weighted by atomic mass is 9.79. The molecule has 1 aliphatic carbocycles. The molecule has 0 unspecified atom stereocenters. The molecule has 1 aromatic rings. The molecule has 0 spiro atoms. The van der Waals surface area contributed by atoms with Crippen molar-refractivity contribution in [2.45, 2.75) is 31.6 Å². The van der Waals surface area contributed by atoms with Crippen molar-refractivity contribution in [2.75, 3.05) is 0 Å². The van der Waals surface area contributed by atoms with Gasteiger partial charge in [-0.05, 0) is 49.3 Å². The van der Waals surface area contributed by atoms with Crippen LogP contribution in [0.1, 0.15) is 37.2 Å². The van der Waals surface area contributed by atoms with Gasteiger partial charge in [0.05, 0.1) is 5.92 Å². The van der Waals surface area contributed by atoms with Crippen LogP contribution in [0.3, 0.4) is 0 Å².